The molecule has 0 aliphatic carbocycles. The molecule has 1 aromatic carbocycles. The Morgan fingerprint density at radius 3 is 2.31 bits per heavy atom. The van der Waals surface area contributed by atoms with E-state index in [-0.39, 0.29) is 5.56 Å². The number of benzene rings is 1. The van der Waals surface area contributed by atoms with Crippen LogP contribution in [-0.2, 0) is 0 Å². The van der Waals surface area contributed by atoms with E-state index in [1.807, 2.05) is 0 Å². The van der Waals surface area contributed by atoms with E-state index in [1.165, 1.54) is 23.9 Å². The lowest BCUT2D eigenvalue weighted by molar-refractivity contribution is 0.0697. The van der Waals surface area contributed by atoms with Gasteiger partial charge >= 0.3 is 5.97 Å². The summed E-state index contributed by atoms with van der Waals surface area (Å²) in [4.78, 5) is 11.3. The molecule has 2 N–H and O–H groups in total. The normalized spacial score (nSPS) is 12.5. The highest BCUT2D eigenvalue weighted by Crippen LogP contribution is 2.21. The fourth-order valence-corrected chi connectivity index (χ4v) is 1.56. The lowest BCUT2D eigenvalue weighted by atomic mass is 10.2. The van der Waals surface area contributed by atoms with Gasteiger partial charge in [0.15, 0.2) is 0 Å². The van der Waals surface area contributed by atoms with Crippen LogP contribution >= 0.6 is 11.8 Å². The van der Waals surface area contributed by atoms with Gasteiger partial charge in [0.1, 0.15) is 5.44 Å². The van der Waals surface area contributed by atoms with Gasteiger partial charge in [-0.3, -0.25) is 0 Å². The Hall–Kier alpha value is -1.00. The molecule has 0 radical (unpaired) electrons. The second-order valence-corrected chi connectivity index (χ2v) is 3.94. The lowest BCUT2D eigenvalue weighted by Gasteiger charge is -2.03. The van der Waals surface area contributed by atoms with Crippen LogP contribution in [0.1, 0.15) is 17.3 Å². The van der Waals surface area contributed by atoms with E-state index in [2.05, 4.69) is 0 Å². The fraction of sp³-hybridized carbons (Fsp3) is 0.222. The molecule has 1 rings (SSSR count). The maximum absolute atomic E-state index is 10.5. The summed E-state index contributed by atoms with van der Waals surface area (Å²) in [6.45, 7) is 1.66. The monoisotopic (exact) mass is 198 g/mol. The van der Waals surface area contributed by atoms with E-state index >= 15 is 0 Å². The minimum Gasteiger partial charge on any atom is -0.478 e. The number of carboxylic acids is 1. The summed E-state index contributed by atoms with van der Waals surface area (Å²) in [5, 5.41) is 17.6. The Morgan fingerprint density at radius 2 is 1.92 bits per heavy atom. The van der Waals surface area contributed by atoms with E-state index in [0.29, 0.717) is 0 Å². The molecular formula is C9H10O3S. The van der Waals surface area contributed by atoms with E-state index in [0.717, 1.165) is 4.90 Å². The lowest BCUT2D eigenvalue weighted by Crippen LogP contribution is -1.96. The van der Waals surface area contributed by atoms with Crippen LogP contribution in [0.25, 0.3) is 0 Å². The molecule has 4 heteroatoms. The van der Waals surface area contributed by atoms with Crippen LogP contribution in [-0.4, -0.2) is 21.6 Å². The number of hydrogen-bond acceptors (Lipinski definition) is 3. The maximum atomic E-state index is 10.5. The summed E-state index contributed by atoms with van der Waals surface area (Å²) in [6, 6.07) is 6.40. The molecule has 0 bridgehead atoms. The first-order valence-electron chi connectivity index (χ1n) is 3.77. The summed E-state index contributed by atoms with van der Waals surface area (Å²) in [5.41, 5.74) is -0.217. The number of hydrogen-bond donors (Lipinski definition) is 2. The Labute approximate surface area is 80.4 Å². The molecule has 0 aliphatic heterocycles. The highest BCUT2D eigenvalue weighted by atomic mass is 32.2. The van der Waals surface area contributed by atoms with Crippen LogP contribution < -0.4 is 0 Å². The molecule has 0 fully saturated rings. The smallest absolute Gasteiger partial charge is 0.335 e. The molecule has 0 saturated heterocycles. The SMILES string of the molecule is CC(O)Sc1ccc(C(=O)O)cc1. The van der Waals surface area contributed by atoms with Crippen molar-refractivity contribution in [3.63, 3.8) is 0 Å². The molecule has 1 unspecified atom stereocenters. The predicted molar refractivity (Wildman–Crippen MR) is 50.9 cm³/mol. The average molecular weight is 198 g/mol. The minimum absolute atomic E-state index is 0.259. The van der Waals surface area contributed by atoms with E-state index in [9.17, 15) is 4.79 Å². The summed E-state index contributed by atoms with van der Waals surface area (Å²) in [6.07, 6.45) is 0. The van der Waals surface area contributed by atoms with Gasteiger partial charge < -0.3 is 10.2 Å². The number of aliphatic hydroxyl groups excluding tert-OH is 1. The van der Waals surface area contributed by atoms with Crippen molar-refractivity contribution in [2.24, 2.45) is 0 Å². The van der Waals surface area contributed by atoms with Gasteiger partial charge in [0.25, 0.3) is 0 Å². The van der Waals surface area contributed by atoms with Crippen LogP contribution in [0.5, 0.6) is 0 Å². The summed E-state index contributed by atoms with van der Waals surface area (Å²) in [5.74, 6) is -0.936. The highest BCUT2D eigenvalue weighted by molar-refractivity contribution is 7.99. The number of rotatable bonds is 3. The second-order valence-electron chi connectivity index (χ2n) is 2.55. The van der Waals surface area contributed by atoms with Crippen LogP contribution in [0.4, 0.5) is 0 Å². The first-order chi connectivity index (χ1) is 6.09. The Balaban J connectivity index is 2.75. The van der Waals surface area contributed by atoms with Gasteiger partial charge in [-0.1, -0.05) is 11.8 Å². The average Bonchev–Trinajstić information content (AvgIpc) is 2.04. The minimum atomic E-state index is -0.936. The maximum Gasteiger partial charge on any atom is 0.335 e. The molecule has 0 aliphatic rings. The molecule has 0 aromatic heterocycles. The zero-order valence-corrected chi connectivity index (χ0v) is 7.91. The first kappa shape index (κ1) is 10.1. The van der Waals surface area contributed by atoms with Gasteiger partial charge in [0.05, 0.1) is 5.56 Å². The molecule has 3 nitrogen and oxygen atoms in total. The van der Waals surface area contributed by atoms with Crippen molar-refractivity contribution in [2.75, 3.05) is 0 Å². The molecule has 0 spiro atoms. The van der Waals surface area contributed by atoms with Crippen molar-refractivity contribution >= 4 is 17.7 Å². The fourth-order valence-electron chi connectivity index (χ4n) is 0.873. The molecule has 1 aromatic rings. The molecule has 1 atom stereocenters. The van der Waals surface area contributed by atoms with Crippen molar-refractivity contribution in [2.45, 2.75) is 17.3 Å². The van der Waals surface area contributed by atoms with E-state index in [4.69, 9.17) is 10.2 Å². The summed E-state index contributed by atoms with van der Waals surface area (Å²) >= 11 is 1.28. The standard InChI is InChI=1S/C9H10O3S/c1-6(10)13-8-4-2-7(3-5-8)9(11)12/h2-6,10H,1H3,(H,11,12). The van der Waals surface area contributed by atoms with Crippen molar-refractivity contribution < 1.29 is 15.0 Å². The third-order valence-corrected chi connectivity index (χ3v) is 2.29. The van der Waals surface area contributed by atoms with Gasteiger partial charge in [-0.2, -0.15) is 0 Å². The predicted octanol–water partition coefficient (Wildman–Crippen LogP) is 1.82. The van der Waals surface area contributed by atoms with Crippen LogP contribution in [0.2, 0.25) is 0 Å². The Kier molecular flexibility index (Phi) is 3.33. The van der Waals surface area contributed by atoms with Gasteiger partial charge in [-0.05, 0) is 31.2 Å². The number of aliphatic hydroxyl groups is 1. The van der Waals surface area contributed by atoms with Crippen molar-refractivity contribution in [3.05, 3.63) is 29.8 Å². The quantitative estimate of drug-likeness (QED) is 0.574. The number of aromatic carboxylic acids is 1. The van der Waals surface area contributed by atoms with E-state index in [1.54, 1.807) is 19.1 Å². The summed E-state index contributed by atoms with van der Waals surface area (Å²) < 4.78 is 0. The van der Waals surface area contributed by atoms with E-state index < -0.39 is 11.4 Å². The van der Waals surface area contributed by atoms with Gasteiger partial charge in [-0.15, -0.1) is 0 Å². The Bertz CT molecular complexity index is 292. The third-order valence-electron chi connectivity index (χ3n) is 1.41. The molecule has 0 heterocycles. The van der Waals surface area contributed by atoms with Gasteiger partial charge in [0.2, 0.25) is 0 Å². The van der Waals surface area contributed by atoms with Gasteiger partial charge in [0, 0.05) is 4.90 Å². The van der Waals surface area contributed by atoms with Crippen LogP contribution in [0.15, 0.2) is 29.2 Å². The highest BCUT2D eigenvalue weighted by Gasteiger charge is 2.03. The third kappa shape index (κ3) is 3.08. The molecule has 13 heavy (non-hydrogen) atoms. The zero-order chi connectivity index (χ0) is 9.84. The molecule has 70 valence electrons. The molecule has 0 amide bonds. The first-order valence-corrected chi connectivity index (χ1v) is 4.65. The number of carbonyl (C=O) groups is 1. The van der Waals surface area contributed by atoms with Crippen LogP contribution in [0, 0.1) is 0 Å². The van der Waals surface area contributed by atoms with Crippen molar-refractivity contribution in [1.82, 2.24) is 0 Å². The summed E-state index contributed by atoms with van der Waals surface area (Å²) in [7, 11) is 0. The molecular weight excluding hydrogens is 188 g/mol. The van der Waals surface area contributed by atoms with Gasteiger partial charge in [-0.25, -0.2) is 4.79 Å². The van der Waals surface area contributed by atoms with Crippen molar-refractivity contribution in [3.8, 4) is 0 Å². The topological polar surface area (TPSA) is 57.5 Å². The Morgan fingerprint density at radius 1 is 1.38 bits per heavy atom. The van der Waals surface area contributed by atoms with Crippen LogP contribution in [0.3, 0.4) is 0 Å². The number of carboxylic acid groups (broad SMARTS) is 1. The zero-order valence-electron chi connectivity index (χ0n) is 7.10. The second kappa shape index (κ2) is 4.30. The largest absolute Gasteiger partial charge is 0.478 e. The molecule has 0 saturated carbocycles. The number of thioether (sulfide) groups is 1. The van der Waals surface area contributed by atoms with Crippen molar-refractivity contribution in [1.29, 1.82) is 0 Å².